The first-order valence-corrected chi connectivity index (χ1v) is 9.62. The molecule has 2 rings (SSSR count). The summed E-state index contributed by atoms with van der Waals surface area (Å²) in [7, 11) is 1.29. The molecule has 1 amide bonds. The molecule has 1 aromatic heterocycles. The summed E-state index contributed by atoms with van der Waals surface area (Å²) in [6.07, 6.45) is 3.48. The topological polar surface area (TPSA) is 99.2 Å². The van der Waals surface area contributed by atoms with Crippen LogP contribution in [0.3, 0.4) is 0 Å². The molecule has 0 fully saturated rings. The number of anilines is 1. The van der Waals surface area contributed by atoms with Gasteiger partial charge in [0.1, 0.15) is 11.4 Å². The van der Waals surface area contributed by atoms with Crippen LogP contribution in [0.25, 0.3) is 5.69 Å². The van der Waals surface area contributed by atoms with E-state index in [2.05, 4.69) is 22.1 Å². The molecule has 8 heteroatoms. The first-order valence-electron chi connectivity index (χ1n) is 8.46. The lowest BCUT2D eigenvalue weighted by Gasteiger charge is -2.08. The summed E-state index contributed by atoms with van der Waals surface area (Å²) in [5.74, 6) is 1.75. The van der Waals surface area contributed by atoms with Crippen molar-refractivity contribution < 1.29 is 14.3 Å². The van der Waals surface area contributed by atoms with Crippen LogP contribution in [0.1, 0.15) is 40.5 Å². The Hall–Kier alpha value is -2.48. The zero-order chi connectivity index (χ0) is 18.9. The summed E-state index contributed by atoms with van der Waals surface area (Å²) in [5, 5.41) is 7.02. The summed E-state index contributed by atoms with van der Waals surface area (Å²) in [4.78, 5) is 23.8. The average molecular weight is 376 g/mol. The Kier molecular flexibility index (Phi) is 7.53. The van der Waals surface area contributed by atoms with Gasteiger partial charge in [0.05, 0.1) is 19.0 Å². The van der Waals surface area contributed by atoms with E-state index in [1.165, 1.54) is 24.4 Å². The number of nitrogens with one attached hydrogen (secondary N) is 1. The third kappa shape index (κ3) is 5.01. The molecule has 0 unspecified atom stereocenters. The second kappa shape index (κ2) is 9.86. The van der Waals surface area contributed by atoms with Crippen molar-refractivity contribution in [1.82, 2.24) is 15.1 Å². The third-order valence-corrected chi connectivity index (χ3v) is 4.96. The van der Waals surface area contributed by atoms with Gasteiger partial charge in [0.15, 0.2) is 0 Å². The van der Waals surface area contributed by atoms with Crippen LogP contribution in [0.5, 0.6) is 0 Å². The molecule has 0 bridgehead atoms. The molecule has 1 aromatic carbocycles. The van der Waals surface area contributed by atoms with Crippen molar-refractivity contribution in [3.63, 3.8) is 0 Å². The van der Waals surface area contributed by atoms with Gasteiger partial charge in [-0.2, -0.15) is 16.9 Å². The SMILES string of the molecule is CCCSCCCNC(=O)c1ccc(-n2ncc(C(=O)OC)c2N)cc1. The number of methoxy groups -OCH3 is 1. The van der Waals surface area contributed by atoms with Crippen molar-refractivity contribution in [1.29, 1.82) is 0 Å². The molecule has 0 radical (unpaired) electrons. The number of aromatic nitrogens is 2. The summed E-state index contributed by atoms with van der Waals surface area (Å²) < 4.78 is 6.09. The predicted molar refractivity (Wildman–Crippen MR) is 104 cm³/mol. The number of nitrogen functional groups attached to an aromatic ring is 1. The fraction of sp³-hybridized carbons (Fsp3) is 0.389. The summed E-state index contributed by atoms with van der Waals surface area (Å²) in [6, 6.07) is 6.87. The highest BCUT2D eigenvalue weighted by Gasteiger charge is 2.16. The van der Waals surface area contributed by atoms with Crippen molar-refractivity contribution in [3.05, 3.63) is 41.6 Å². The van der Waals surface area contributed by atoms with Crippen molar-refractivity contribution in [3.8, 4) is 5.69 Å². The standard InChI is InChI=1S/C18H24N4O3S/c1-3-10-26-11-4-9-20-17(23)13-5-7-14(8-6-13)22-16(19)15(12-21-22)18(24)25-2/h5-8,12H,3-4,9-11,19H2,1-2H3,(H,20,23). The van der Waals surface area contributed by atoms with Gasteiger partial charge < -0.3 is 15.8 Å². The van der Waals surface area contributed by atoms with E-state index in [-0.39, 0.29) is 17.3 Å². The van der Waals surface area contributed by atoms with E-state index in [4.69, 9.17) is 5.73 Å². The van der Waals surface area contributed by atoms with Crippen LogP contribution in [0.4, 0.5) is 5.82 Å². The number of amides is 1. The van der Waals surface area contributed by atoms with E-state index in [9.17, 15) is 9.59 Å². The number of hydrogen-bond donors (Lipinski definition) is 2. The quantitative estimate of drug-likeness (QED) is 0.515. The number of ether oxygens (including phenoxy) is 1. The molecular weight excluding hydrogens is 352 g/mol. The number of carbonyl (C=O) groups excluding carboxylic acids is 2. The molecule has 0 aliphatic rings. The number of hydrogen-bond acceptors (Lipinski definition) is 6. The smallest absolute Gasteiger partial charge is 0.343 e. The molecule has 0 aliphatic carbocycles. The maximum Gasteiger partial charge on any atom is 0.343 e. The summed E-state index contributed by atoms with van der Waals surface area (Å²) in [5.41, 5.74) is 7.37. The van der Waals surface area contributed by atoms with Crippen LogP contribution < -0.4 is 11.1 Å². The van der Waals surface area contributed by atoms with Gasteiger partial charge in [-0.15, -0.1) is 0 Å². The first-order chi connectivity index (χ1) is 12.6. The Morgan fingerprint density at radius 2 is 2.00 bits per heavy atom. The van der Waals surface area contributed by atoms with Gasteiger partial charge in [-0.25, -0.2) is 9.48 Å². The lowest BCUT2D eigenvalue weighted by molar-refractivity contribution is 0.0601. The van der Waals surface area contributed by atoms with Crippen LogP contribution >= 0.6 is 11.8 Å². The van der Waals surface area contributed by atoms with E-state index in [0.29, 0.717) is 17.8 Å². The minimum atomic E-state index is -0.540. The Morgan fingerprint density at radius 3 is 2.65 bits per heavy atom. The zero-order valence-electron chi connectivity index (χ0n) is 15.0. The number of rotatable bonds is 9. The molecule has 0 atom stereocenters. The number of benzene rings is 1. The van der Waals surface area contributed by atoms with Gasteiger partial charge >= 0.3 is 5.97 Å². The molecule has 0 aliphatic heterocycles. The summed E-state index contributed by atoms with van der Waals surface area (Å²) in [6.45, 7) is 2.82. The molecule has 3 N–H and O–H groups in total. The van der Waals surface area contributed by atoms with Crippen molar-refractivity contribution in [2.75, 3.05) is 30.9 Å². The fourth-order valence-electron chi connectivity index (χ4n) is 2.31. The Balaban J connectivity index is 1.95. The monoisotopic (exact) mass is 376 g/mol. The van der Waals surface area contributed by atoms with E-state index < -0.39 is 5.97 Å². The molecule has 0 saturated heterocycles. The Bertz CT molecular complexity index is 743. The van der Waals surface area contributed by atoms with Gasteiger partial charge in [-0.05, 0) is 48.6 Å². The van der Waals surface area contributed by atoms with Crippen molar-refractivity contribution in [2.45, 2.75) is 19.8 Å². The Labute approximate surface area is 157 Å². The minimum Gasteiger partial charge on any atom is -0.465 e. The van der Waals surface area contributed by atoms with Gasteiger partial charge in [-0.1, -0.05) is 6.92 Å². The molecule has 2 aromatic rings. The maximum atomic E-state index is 12.2. The van der Waals surface area contributed by atoms with E-state index >= 15 is 0 Å². The largest absolute Gasteiger partial charge is 0.465 e. The number of thioether (sulfide) groups is 1. The molecule has 0 spiro atoms. The van der Waals surface area contributed by atoms with Gasteiger partial charge in [0.25, 0.3) is 5.91 Å². The van der Waals surface area contributed by atoms with Gasteiger partial charge in [-0.3, -0.25) is 4.79 Å². The van der Waals surface area contributed by atoms with Crippen molar-refractivity contribution >= 4 is 29.5 Å². The predicted octanol–water partition coefficient (Wildman–Crippen LogP) is 2.50. The highest BCUT2D eigenvalue weighted by Crippen LogP contribution is 2.18. The van der Waals surface area contributed by atoms with Crippen LogP contribution in [0.2, 0.25) is 0 Å². The molecule has 140 valence electrons. The molecule has 26 heavy (non-hydrogen) atoms. The van der Waals surface area contributed by atoms with Crippen LogP contribution in [-0.4, -0.2) is 46.8 Å². The Morgan fingerprint density at radius 1 is 1.27 bits per heavy atom. The molecule has 7 nitrogen and oxygen atoms in total. The van der Waals surface area contributed by atoms with Crippen molar-refractivity contribution in [2.24, 2.45) is 0 Å². The van der Waals surface area contributed by atoms with Crippen LogP contribution in [0, 0.1) is 0 Å². The third-order valence-electron chi connectivity index (χ3n) is 3.69. The number of nitrogens with zero attached hydrogens (tertiary/aromatic N) is 2. The fourth-order valence-corrected chi connectivity index (χ4v) is 3.15. The normalized spacial score (nSPS) is 10.5. The van der Waals surface area contributed by atoms with Gasteiger partial charge in [0, 0.05) is 12.1 Å². The van der Waals surface area contributed by atoms with E-state index in [1.807, 2.05) is 11.8 Å². The van der Waals surface area contributed by atoms with E-state index in [1.54, 1.807) is 24.3 Å². The lowest BCUT2D eigenvalue weighted by Crippen LogP contribution is -2.24. The molecule has 0 saturated carbocycles. The zero-order valence-corrected chi connectivity index (χ0v) is 15.8. The highest BCUT2D eigenvalue weighted by molar-refractivity contribution is 7.99. The maximum absolute atomic E-state index is 12.2. The minimum absolute atomic E-state index is 0.110. The first kappa shape index (κ1) is 19.8. The van der Waals surface area contributed by atoms with Crippen LogP contribution in [0.15, 0.2) is 30.5 Å². The number of esters is 1. The number of carbonyl (C=O) groups is 2. The van der Waals surface area contributed by atoms with E-state index in [0.717, 1.165) is 17.9 Å². The second-order valence-electron chi connectivity index (χ2n) is 5.62. The van der Waals surface area contributed by atoms with Crippen LogP contribution in [-0.2, 0) is 4.74 Å². The average Bonchev–Trinajstić information content (AvgIpc) is 3.05. The molecule has 1 heterocycles. The van der Waals surface area contributed by atoms with Gasteiger partial charge in [0.2, 0.25) is 0 Å². The summed E-state index contributed by atoms with van der Waals surface area (Å²) >= 11 is 1.90. The molecular formula is C18H24N4O3S. The lowest BCUT2D eigenvalue weighted by atomic mass is 10.2. The number of nitrogens with two attached hydrogens (primary N) is 1. The highest BCUT2D eigenvalue weighted by atomic mass is 32.2. The second-order valence-corrected chi connectivity index (χ2v) is 6.84.